The third kappa shape index (κ3) is 1.75. The van der Waals surface area contributed by atoms with Gasteiger partial charge in [-0.1, -0.05) is 0 Å². The van der Waals surface area contributed by atoms with Gasteiger partial charge in [0, 0.05) is 6.54 Å². The summed E-state index contributed by atoms with van der Waals surface area (Å²) in [4.78, 5) is 23.3. The molecule has 1 aliphatic carbocycles. The minimum atomic E-state index is -0.863. The lowest BCUT2D eigenvalue weighted by Gasteiger charge is -2.35. The van der Waals surface area contributed by atoms with Crippen molar-refractivity contribution in [2.45, 2.75) is 38.1 Å². The first-order chi connectivity index (χ1) is 7.68. The van der Waals surface area contributed by atoms with Crippen LogP contribution in [0.5, 0.6) is 0 Å². The topological polar surface area (TPSA) is 82.0 Å². The second-order valence-electron chi connectivity index (χ2n) is 4.51. The van der Waals surface area contributed by atoms with E-state index in [1.807, 2.05) is 0 Å². The van der Waals surface area contributed by atoms with E-state index in [2.05, 4.69) is 16.7 Å². The number of nitriles is 1. The van der Waals surface area contributed by atoms with Crippen molar-refractivity contribution in [2.75, 3.05) is 6.54 Å². The lowest BCUT2D eigenvalue weighted by molar-refractivity contribution is -0.136. The number of carbonyl (C=O) groups is 2. The SMILES string of the molecule is N#CC1(C(=O)NC2CCCNC2=O)CCC1. The molecule has 2 fully saturated rings. The Morgan fingerprint density at radius 2 is 2.25 bits per heavy atom. The first kappa shape index (κ1) is 10.9. The molecule has 86 valence electrons. The number of amides is 2. The third-order valence-corrected chi connectivity index (χ3v) is 3.45. The predicted octanol–water partition coefficient (Wildman–Crippen LogP) is 0.0751. The van der Waals surface area contributed by atoms with Gasteiger partial charge in [0.2, 0.25) is 11.8 Å². The lowest BCUT2D eigenvalue weighted by Crippen LogP contribution is -2.55. The van der Waals surface area contributed by atoms with Crippen LogP contribution in [0.1, 0.15) is 32.1 Å². The van der Waals surface area contributed by atoms with Crippen molar-refractivity contribution in [1.29, 1.82) is 5.26 Å². The van der Waals surface area contributed by atoms with Crippen LogP contribution in [-0.2, 0) is 9.59 Å². The van der Waals surface area contributed by atoms with Crippen LogP contribution in [0.25, 0.3) is 0 Å². The van der Waals surface area contributed by atoms with E-state index in [9.17, 15) is 9.59 Å². The number of carbonyl (C=O) groups excluding carboxylic acids is 2. The van der Waals surface area contributed by atoms with E-state index in [4.69, 9.17) is 5.26 Å². The molecule has 16 heavy (non-hydrogen) atoms. The maximum atomic E-state index is 11.9. The van der Waals surface area contributed by atoms with Gasteiger partial charge in [0.05, 0.1) is 6.07 Å². The van der Waals surface area contributed by atoms with Crippen molar-refractivity contribution in [1.82, 2.24) is 10.6 Å². The van der Waals surface area contributed by atoms with Gasteiger partial charge in [0.1, 0.15) is 11.5 Å². The van der Waals surface area contributed by atoms with Crippen molar-refractivity contribution in [2.24, 2.45) is 5.41 Å². The van der Waals surface area contributed by atoms with E-state index in [1.54, 1.807) is 0 Å². The van der Waals surface area contributed by atoms with Crippen LogP contribution in [-0.4, -0.2) is 24.4 Å². The molecule has 5 heteroatoms. The number of nitrogens with one attached hydrogen (secondary N) is 2. The van der Waals surface area contributed by atoms with Crippen molar-refractivity contribution >= 4 is 11.8 Å². The number of rotatable bonds is 2. The van der Waals surface area contributed by atoms with Gasteiger partial charge in [0.15, 0.2) is 0 Å². The van der Waals surface area contributed by atoms with E-state index in [1.165, 1.54) is 0 Å². The number of piperidine rings is 1. The molecule has 2 rings (SSSR count). The summed E-state index contributed by atoms with van der Waals surface area (Å²) in [6.45, 7) is 0.675. The van der Waals surface area contributed by atoms with Crippen molar-refractivity contribution in [3.63, 3.8) is 0 Å². The molecule has 1 heterocycles. The standard InChI is InChI=1S/C11H15N3O2/c12-7-11(4-2-5-11)10(16)14-8-3-1-6-13-9(8)15/h8H,1-6H2,(H,13,15)(H,14,16). The Kier molecular flexibility index (Phi) is 2.82. The lowest BCUT2D eigenvalue weighted by atomic mass is 9.69. The molecule has 0 spiro atoms. The highest BCUT2D eigenvalue weighted by atomic mass is 16.2. The summed E-state index contributed by atoms with van der Waals surface area (Å²) < 4.78 is 0. The van der Waals surface area contributed by atoms with Gasteiger partial charge in [-0.2, -0.15) is 5.26 Å². The second kappa shape index (κ2) is 4.12. The molecule has 0 bridgehead atoms. The average Bonchev–Trinajstić information content (AvgIpc) is 2.21. The molecule has 1 saturated carbocycles. The Morgan fingerprint density at radius 1 is 1.50 bits per heavy atom. The molecule has 1 saturated heterocycles. The normalized spacial score (nSPS) is 27.2. The summed E-state index contributed by atoms with van der Waals surface area (Å²) in [5.41, 5.74) is -0.863. The first-order valence-electron chi connectivity index (χ1n) is 5.68. The van der Waals surface area contributed by atoms with Crippen LogP contribution in [0.4, 0.5) is 0 Å². The quantitative estimate of drug-likeness (QED) is 0.692. The highest BCUT2D eigenvalue weighted by Crippen LogP contribution is 2.40. The second-order valence-corrected chi connectivity index (χ2v) is 4.51. The highest BCUT2D eigenvalue weighted by Gasteiger charge is 2.45. The van der Waals surface area contributed by atoms with Gasteiger partial charge in [0.25, 0.3) is 0 Å². The van der Waals surface area contributed by atoms with E-state index >= 15 is 0 Å². The maximum Gasteiger partial charge on any atom is 0.242 e. The average molecular weight is 221 g/mol. The monoisotopic (exact) mass is 221 g/mol. The third-order valence-electron chi connectivity index (χ3n) is 3.45. The molecule has 2 N–H and O–H groups in total. The minimum Gasteiger partial charge on any atom is -0.354 e. The Balaban J connectivity index is 1.96. The molecule has 2 amide bonds. The summed E-state index contributed by atoms with van der Waals surface area (Å²) in [6, 6.07) is 1.62. The Bertz CT molecular complexity index is 355. The van der Waals surface area contributed by atoms with Crippen LogP contribution >= 0.6 is 0 Å². The summed E-state index contributed by atoms with van der Waals surface area (Å²) in [7, 11) is 0. The highest BCUT2D eigenvalue weighted by molar-refractivity contribution is 5.92. The maximum absolute atomic E-state index is 11.9. The minimum absolute atomic E-state index is 0.132. The van der Waals surface area contributed by atoms with Crippen LogP contribution in [0.2, 0.25) is 0 Å². The van der Waals surface area contributed by atoms with Crippen LogP contribution < -0.4 is 10.6 Å². The number of hydrogen-bond acceptors (Lipinski definition) is 3. The fraction of sp³-hybridized carbons (Fsp3) is 0.727. The van der Waals surface area contributed by atoms with Crippen molar-refractivity contribution in [3.05, 3.63) is 0 Å². The van der Waals surface area contributed by atoms with Gasteiger partial charge in [-0.3, -0.25) is 9.59 Å². The Morgan fingerprint density at radius 3 is 2.75 bits per heavy atom. The van der Waals surface area contributed by atoms with Gasteiger partial charge in [-0.15, -0.1) is 0 Å². The van der Waals surface area contributed by atoms with Crippen LogP contribution in [0.3, 0.4) is 0 Å². The zero-order valence-electron chi connectivity index (χ0n) is 9.08. The van der Waals surface area contributed by atoms with E-state index in [0.29, 0.717) is 25.8 Å². The molecule has 0 aromatic rings. The first-order valence-corrected chi connectivity index (χ1v) is 5.68. The Labute approximate surface area is 94.2 Å². The molecule has 1 unspecified atom stereocenters. The van der Waals surface area contributed by atoms with E-state index in [-0.39, 0.29) is 11.8 Å². The molecule has 0 aromatic heterocycles. The zero-order valence-corrected chi connectivity index (χ0v) is 9.08. The molecule has 1 aliphatic heterocycles. The summed E-state index contributed by atoms with van der Waals surface area (Å²) >= 11 is 0. The predicted molar refractivity (Wildman–Crippen MR) is 56.1 cm³/mol. The number of hydrogen-bond donors (Lipinski definition) is 2. The molecule has 0 aromatic carbocycles. The molecule has 1 atom stereocenters. The fourth-order valence-electron chi connectivity index (χ4n) is 2.13. The molecule has 5 nitrogen and oxygen atoms in total. The van der Waals surface area contributed by atoms with Gasteiger partial charge < -0.3 is 10.6 Å². The van der Waals surface area contributed by atoms with Gasteiger partial charge in [-0.25, -0.2) is 0 Å². The smallest absolute Gasteiger partial charge is 0.242 e. The zero-order chi connectivity index (χ0) is 11.6. The molecule has 0 radical (unpaired) electrons. The van der Waals surface area contributed by atoms with E-state index < -0.39 is 11.5 Å². The molecular formula is C11H15N3O2. The van der Waals surface area contributed by atoms with Crippen molar-refractivity contribution in [3.8, 4) is 6.07 Å². The largest absolute Gasteiger partial charge is 0.354 e. The van der Waals surface area contributed by atoms with Crippen LogP contribution in [0.15, 0.2) is 0 Å². The summed E-state index contributed by atoms with van der Waals surface area (Å²) in [5.74, 6) is -0.407. The molecular weight excluding hydrogens is 206 g/mol. The number of nitrogens with zero attached hydrogens (tertiary/aromatic N) is 1. The fourth-order valence-corrected chi connectivity index (χ4v) is 2.13. The Hall–Kier alpha value is -1.57. The van der Waals surface area contributed by atoms with E-state index in [0.717, 1.165) is 12.8 Å². The van der Waals surface area contributed by atoms with Crippen LogP contribution in [0, 0.1) is 16.7 Å². The summed E-state index contributed by atoms with van der Waals surface area (Å²) in [6.07, 6.45) is 3.68. The van der Waals surface area contributed by atoms with Gasteiger partial charge >= 0.3 is 0 Å². The van der Waals surface area contributed by atoms with Gasteiger partial charge in [-0.05, 0) is 32.1 Å². The summed E-state index contributed by atoms with van der Waals surface area (Å²) in [5, 5.41) is 14.4. The molecule has 2 aliphatic rings. The van der Waals surface area contributed by atoms with Crippen molar-refractivity contribution < 1.29 is 9.59 Å².